The van der Waals surface area contributed by atoms with E-state index in [9.17, 15) is 9.59 Å². The van der Waals surface area contributed by atoms with Crippen molar-refractivity contribution in [2.24, 2.45) is 0 Å². The van der Waals surface area contributed by atoms with Crippen LogP contribution in [0.3, 0.4) is 0 Å². The Labute approximate surface area is 189 Å². The van der Waals surface area contributed by atoms with Crippen LogP contribution in [0.25, 0.3) is 0 Å². The Bertz CT molecular complexity index is 949. The topological polar surface area (TPSA) is 94.3 Å². The van der Waals surface area contributed by atoms with Crippen LogP contribution < -0.4 is 5.32 Å². The van der Waals surface area contributed by atoms with Gasteiger partial charge in [-0.2, -0.15) is 0 Å². The maximum Gasteiger partial charge on any atom is 0.410 e. The van der Waals surface area contributed by atoms with E-state index in [1.165, 1.54) is 6.42 Å². The molecule has 2 aromatic heterocycles. The number of amides is 2. The molecule has 2 aliphatic rings. The Hall–Kier alpha value is -2.84. The predicted octanol–water partition coefficient (Wildman–Crippen LogP) is 3.31. The maximum atomic E-state index is 13.0. The lowest BCUT2D eigenvalue weighted by molar-refractivity contribution is 0.0187. The highest BCUT2D eigenvalue weighted by atomic mass is 16.6. The summed E-state index contributed by atoms with van der Waals surface area (Å²) in [5.74, 6) is 1.72. The lowest BCUT2D eigenvalue weighted by Crippen LogP contribution is -2.42. The number of aromatic nitrogens is 4. The van der Waals surface area contributed by atoms with Gasteiger partial charge < -0.3 is 24.1 Å². The molecule has 32 heavy (non-hydrogen) atoms. The number of piperidine rings is 1. The molecule has 0 aromatic carbocycles. The lowest BCUT2D eigenvalue weighted by Gasteiger charge is -2.34. The van der Waals surface area contributed by atoms with Gasteiger partial charge in [0.15, 0.2) is 5.82 Å². The molecule has 2 aromatic rings. The molecule has 0 spiro atoms. The van der Waals surface area contributed by atoms with Crippen LogP contribution in [-0.4, -0.2) is 54.9 Å². The van der Waals surface area contributed by atoms with Crippen molar-refractivity contribution in [2.45, 2.75) is 84.0 Å². The number of fused-ring (bicyclic) bond motifs is 1. The second kappa shape index (κ2) is 9.34. The van der Waals surface area contributed by atoms with E-state index in [4.69, 9.17) is 4.74 Å². The second-order valence-electron chi connectivity index (χ2n) is 9.68. The van der Waals surface area contributed by atoms with Crippen LogP contribution >= 0.6 is 0 Å². The average Bonchev–Trinajstić information content (AvgIpc) is 3.32. The van der Waals surface area contributed by atoms with Gasteiger partial charge in [0.2, 0.25) is 0 Å². The van der Waals surface area contributed by atoms with Crippen LogP contribution in [0.15, 0.2) is 18.3 Å². The second-order valence-corrected chi connectivity index (χ2v) is 9.68. The summed E-state index contributed by atoms with van der Waals surface area (Å²) in [6.07, 6.45) is 7.67. The molecule has 0 atom stereocenters. The number of ether oxygens (including phenoxy) is 1. The number of carbonyl (C=O) groups is 2. The molecule has 9 heteroatoms. The first-order valence-corrected chi connectivity index (χ1v) is 11.7. The van der Waals surface area contributed by atoms with Gasteiger partial charge in [0.25, 0.3) is 5.91 Å². The van der Waals surface area contributed by atoms with Crippen LogP contribution in [0.1, 0.15) is 81.1 Å². The van der Waals surface area contributed by atoms with E-state index in [1.807, 2.05) is 43.7 Å². The number of rotatable bonds is 4. The Morgan fingerprint density at radius 2 is 1.91 bits per heavy atom. The number of likely N-dealkylation sites (tertiary alicyclic amines) is 1. The normalized spacial score (nSPS) is 17.5. The molecular weight excluding hydrogens is 408 g/mol. The van der Waals surface area contributed by atoms with Gasteiger partial charge in [0.05, 0.1) is 6.54 Å². The smallest absolute Gasteiger partial charge is 0.410 e. The zero-order valence-electron chi connectivity index (χ0n) is 19.3. The zero-order chi connectivity index (χ0) is 22.7. The van der Waals surface area contributed by atoms with Gasteiger partial charge in [0.1, 0.15) is 17.1 Å². The van der Waals surface area contributed by atoms with E-state index in [2.05, 4.69) is 20.1 Å². The summed E-state index contributed by atoms with van der Waals surface area (Å²) in [4.78, 5) is 27.0. The summed E-state index contributed by atoms with van der Waals surface area (Å²) < 4.78 is 9.67. The number of nitrogens with one attached hydrogen (secondary N) is 1. The molecule has 1 fully saturated rings. The van der Waals surface area contributed by atoms with Crippen molar-refractivity contribution in [1.29, 1.82) is 0 Å². The van der Waals surface area contributed by atoms with Gasteiger partial charge in [-0.15, -0.1) is 10.2 Å². The molecule has 0 saturated carbocycles. The SMILES string of the molecule is CC(C)(C)OC(=O)N1CCC(n2cccc2C(=O)NCc2nnc3n2CCCCC3)CC1. The third-order valence-electron chi connectivity index (χ3n) is 6.11. The van der Waals surface area contributed by atoms with Crippen molar-refractivity contribution in [3.05, 3.63) is 35.7 Å². The van der Waals surface area contributed by atoms with E-state index in [0.29, 0.717) is 25.3 Å². The Morgan fingerprint density at radius 3 is 2.66 bits per heavy atom. The highest BCUT2D eigenvalue weighted by molar-refractivity contribution is 5.92. The Morgan fingerprint density at radius 1 is 1.12 bits per heavy atom. The molecule has 0 radical (unpaired) electrons. The van der Waals surface area contributed by atoms with Crippen LogP contribution in [0.5, 0.6) is 0 Å². The van der Waals surface area contributed by atoms with Crippen molar-refractivity contribution in [2.75, 3.05) is 13.1 Å². The maximum absolute atomic E-state index is 13.0. The fourth-order valence-electron chi connectivity index (χ4n) is 4.48. The van der Waals surface area contributed by atoms with Crippen LogP contribution in [0.4, 0.5) is 4.79 Å². The average molecular weight is 443 g/mol. The predicted molar refractivity (Wildman–Crippen MR) is 119 cm³/mol. The van der Waals surface area contributed by atoms with Crippen molar-refractivity contribution in [3.8, 4) is 0 Å². The standard InChI is InChI=1S/C23H34N6O3/c1-23(2,3)32-22(31)27-14-10-17(11-15-27)28-13-7-8-18(28)21(30)24-16-20-26-25-19-9-5-4-6-12-29(19)20/h7-8,13,17H,4-6,9-12,14-16H2,1-3H3,(H,24,30). The van der Waals surface area contributed by atoms with Crippen LogP contribution in [-0.2, 0) is 24.2 Å². The first kappa shape index (κ1) is 22.4. The fraction of sp³-hybridized carbons (Fsp3) is 0.652. The number of hydrogen-bond acceptors (Lipinski definition) is 5. The molecule has 174 valence electrons. The van der Waals surface area contributed by atoms with Gasteiger partial charge in [-0.25, -0.2) is 4.79 Å². The summed E-state index contributed by atoms with van der Waals surface area (Å²) >= 11 is 0. The third-order valence-corrected chi connectivity index (χ3v) is 6.11. The van der Waals surface area contributed by atoms with Gasteiger partial charge >= 0.3 is 6.09 Å². The number of carbonyl (C=O) groups excluding carboxylic acids is 2. The zero-order valence-corrected chi connectivity index (χ0v) is 19.3. The summed E-state index contributed by atoms with van der Waals surface area (Å²) in [5.41, 5.74) is 0.138. The lowest BCUT2D eigenvalue weighted by atomic mass is 10.0. The molecule has 4 rings (SSSR count). The Balaban J connectivity index is 1.34. The fourth-order valence-corrected chi connectivity index (χ4v) is 4.48. The molecular formula is C23H34N6O3. The summed E-state index contributed by atoms with van der Waals surface area (Å²) in [5, 5.41) is 11.6. The molecule has 0 unspecified atom stereocenters. The van der Waals surface area contributed by atoms with E-state index in [1.54, 1.807) is 4.90 Å². The van der Waals surface area contributed by atoms with E-state index in [0.717, 1.165) is 50.3 Å². The highest BCUT2D eigenvalue weighted by Gasteiger charge is 2.29. The quantitative estimate of drug-likeness (QED) is 0.784. The monoisotopic (exact) mass is 442 g/mol. The van der Waals surface area contributed by atoms with E-state index < -0.39 is 5.60 Å². The van der Waals surface area contributed by atoms with Gasteiger partial charge in [-0.05, 0) is 58.6 Å². The Kier molecular flexibility index (Phi) is 6.53. The molecule has 2 amide bonds. The van der Waals surface area contributed by atoms with Crippen LogP contribution in [0.2, 0.25) is 0 Å². The minimum atomic E-state index is -0.498. The molecule has 9 nitrogen and oxygen atoms in total. The van der Waals surface area contributed by atoms with E-state index in [-0.39, 0.29) is 18.0 Å². The third kappa shape index (κ3) is 5.14. The highest BCUT2D eigenvalue weighted by Crippen LogP contribution is 2.26. The minimum absolute atomic E-state index is 0.115. The molecule has 0 aliphatic carbocycles. The minimum Gasteiger partial charge on any atom is -0.444 e. The number of aryl methyl sites for hydroxylation is 1. The molecule has 2 aliphatic heterocycles. The van der Waals surface area contributed by atoms with Crippen molar-refractivity contribution < 1.29 is 14.3 Å². The molecule has 0 bridgehead atoms. The van der Waals surface area contributed by atoms with Gasteiger partial charge in [0, 0.05) is 38.3 Å². The molecule has 1 N–H and O–H groups in total. The molecule has 4 heterocycles. The first-order chi connectivity index (χ1) is 15.3. The number of hydrogen-bond donors (Lipinski definition) is 1. The van der Waals surface area contributed by atoms with E-state index >= 15 is 0 Å². The van der Waals surface area contributed by atoms with Gasteiger partial charge in [-0.3, -0.25) is 4.79 Å². The summed E-state index contributed by atoms with van der Waals surface area (Å²) in [6, 6.07) is 3.92. The summed E-state index contributed by atoms with van der Waals surface area (Å²) in [6.45, 7) is 8.14. The van der Waals surface area contributed by atoms with Gasteiger partial charge in [-0.1, -0.05) is 6.42 Å². The van der Waals surface area contributed by atoms with Crippen molar-refractivity contribution in [3.63, 3.8) is 0 Å². The van der Waals surface area contributed by atoms with Crippen LogP contribution in [0, 0.1) is 0 Å². The van der Waals surface area contributed by atoms with Crippen molar-refractivity contribution in [1.82, 2.24) is 29.5 Å². The number of nitrogens with zero attached hydrogens (tertiary/aromatic N) is 5. The molecule has 1 saturated heterocycles. The summed E-state index contributed by atoms with van der Waals surface area (Å²) in [7, 11) is 0. The van der Waals surface area contributed by atoms with Crippen molar-refractivity contribution >= 4 is 12.0 Å². The first-order valence-electron chi connectivity index (χ1n) is 11.7. The largest absolute Gasteiger partial charge is 0.444 e.